The maximum atomic E-state index is 13.7. The quantitative estimate of drug-likeness (QED) is 0.554. The van der Waals surface area contributed by atoms with Gasteiger partial charge in [-0.05, 0) is 69.9 Å². The Hall–Kier alpha value is -2.87. The molecule has 1 atom stereocenters. The highest BCUT2D eigenvalue weighted by Gasteiger charge is 2.32. The minimum Gasteiger partial charge on any atom is -0.352 e. The molecule has 2 amide bonds. The van der Waals surface area contributed by atoms with Crippen LogP contribution in [0.4, 0.5) is 5.69 Å². The third-order valence-corrected chi connectivity index (χ3v) is 6.57. The Balaban J connectivity index is 2.48. The zero-order chi connectivity index (χ0) is 25.6. The lowest BCUT2D eigenvalue weighted by molar-refractivity contribution is -0.140. The molecule has 34 heavy (non-hydrogen) atoms. The molecule has 0 radical (unpaired) electrons. The van der Waals surface area contributed by atoms with E-state index in [0.717, 1.165) is 32.8 Å². The van der Waals surface area contributed by atoms with Crippen molar-refractivity contribution in [1.82, 2.24) is 10.2 Å². The van der Waals surface area contributed by atoms with Gasteiger partial charge in [-0.1, -0.05) is 42.8 Å². The molecule has 2 aromatic carbocycles. The minimum absolute atomic E-state index is 0.0831. The van der Waals surface area contributed by atoms with Crippen LogP contribution in [-0.2, 0) is 26.2 Å². The predicted molar refractivity (Wildman–Crippen MR) is 137 cm³/mol. The Labute approximate surface area is 204 Å². The lowest BCUT2D eigenvalue weighted by atomic mass is 10.1. The Morgan fingerprint density at radius 1 is 0.971 bits per heavy atom. The standard InChI is InChI=1S/C26H37N3O4S/c1-8-24(26(31)27-18(2)3)28(16-22-11-9-10-19(4)13-22)25(30)17-29(34(7,32)33)23-14-20(5)12-21(6)15-23/h9-15,18,24H,8,16-17H2,1-7H3,(H,27,31). The van der Waals surface area contributed by atoms with E-state index in [1.54, 1.807) is 12.1 Å². The first-order chi connectivity index (χ1) is 15.8. The Morgan fingerprint density at radius 2 is 1.59 bits per heavy atom. The number of benzene rings is 2. The third-order valence-electron chi connectivity index (χ3n) is 5.43. The van der Waals surface area contributed by atoms with Crippen molar-refractivity contribution in [1.29, 1.82) is 0 Å². The van der Waals surface area contributed by atoms with E-state index in [1.165, 1.54) is 4.90 Å². The van der Waals surface area contributed by atoms with Gasteiger partial charge in [-0.15, -0.1) is 0 Å². The summed E-state index contributed by atoms with van der Waals surface area (Å²) >= 11 is 0. The highest BCUT2D eigenvalue weighted by atomic mass is 32.2. The summed E-state index contributed by atoms with van der Waals surface area (Å²) in [4.78, 5) is 28.1. The number of carbonyl (C=O) groups is 2. The largest absolute Gasteiger partial charge is 0.352 e. The fraction of sp³-hybridized carbons (Fsp3) is 0.462. The fourth-order valence-electron chi connectivity index (χ4n) is 4.02. The van der Waals surface area contributed by atoms with Gasteiger partial charge in [0.05, 0.1) is 11.9 Å². The number of carbonyl (C=O) groups excluding carboxylic acids is 2. The van der Waals surface area contributed by atoms with Crippen molar-refractivity contribution in [3.63, 3.8) is 0 Å². The molecule has 8 heteroatoms. The summed E-state index contributed by atoms with van der Waals surface area (Å²) in [5.74, 6) is -0.687. The second-order valence-electron chi connectivity index (χ2n) is 9.21. The molecule has 2 rings (SSSR count). The smallest absolute Gasteiger partial charge is 0.244 e. The molecule has 0 aliphatic rings. The maximum Gasteiger partial charge on any atom is 0.244 e. The summed E-state index contributed by atoms with van der Waals surface area (Å²) in [6, 6.07) is 12.4. The molecule has 0 aliphatic heterocycles. The third kappa shape index (κ3) is 7.58. The first kappa shape index (κ1) is 27.4. The Kier molecular flexibility index (Phi) is 9.27. The van der Waals surface area contributed by atoms with E-state index in [2.05, 4.69) is 5.32 Å². The maximum absolute atomic E-state index is 13.7. The normalized spacial score (nSPS) is 12.4. The molecule has 0 heterocycles. The van der Waals surface area contributed by atoms with Gasteiger partial charge in [0.15, 0.2) is 0 Å². The van der Waals surface area contributed by atoms with E-state index in [4.69, 9.17) is 0 Å². The zero-order valence-corrected chi connectivity index (χ0v) is 22.1. The molecular formula is C26H37N3O4S. The van der Waals surface area contributed by atoms with E-state index in [0.29, 0.717) is 12.1 Å². The van der Waals surface area contributed by atoms with Gasteiger partial charge >= 0.3 is 0 Å². The van der Waals surface area contributed by atoms with Crippen LogP contribution < -0.4 is 9.62 Å². The van der Waals surface area contributed by atoms with E-state index < -0.39 is 22.0 Å². The molecule has 1 N–H and O–H groups in total. The van der Waals surface area contributed by atoms with E-state index >= 15 is 0 Å². The van der Waals surface area contributed by atoms with Crippen molar-refractivity contribution in [2.45, 2.75) is 66.6 Å². The molecule has 0 fully saturated rings. The number of hydrogen-bond acceptors (Lipinski definition) is 4. The van der Waals surface area contributed by atoms with Crippen LogP contribution in [0.5, 0.6) is 0 Å². The van der Waals surface area contributed by atoms with Crippen molar-refractivity contribution in [2.24, 2.45) is 0 Å². The lowest BCUT2D eigenvalue weighted by Crippen LogP contribution is -2.53. The van der Waals surface area contributed by atoms with E-state index in [-0.39, 0.29) is 25.0 Å². The summed E-state index contributed by atoms with van der Waals surface area (Å²) in [6.45, 7) is 11.1. The lowest BCUT2D eigenvalue weighted by Gasteiger charge is -2.33. The number of nitrogens with zero attached hydrogens (tertiary/aromatic N) is 2. The van der Waals surface area contributed by atoms with Crippen molar-refractivity contribution >= 4 is 27.5 Å². The molecule has 1 unspecified atom stereocenters. The van der Waals surface area contributed by atoms with Gasteiger partial charge in [0, 0.05) is 12.6 Å². The van der Waals surface area contributed by atoms with Crippen molar-refractivity contribution in [3.8, 4) is 0 Å². The van der Waals surface area contributed by atoms with Crippen LogP contribution in [0.2, 0.25) is 0 Å². The van der Waals surface area contributed by atoms with Crippen LogP contribution in [0, 0.1) is 20.8 Å². The molecule has 0 aliphatic carbocycles. The average molecular weight is 488 g/mol. The zero-order valence-electron chi connectivity index (χ0n) is 21.3. The second-order valence-corrected chi connectivity index (χ2v) is 11.1. The molecule has 0 saturated carbocycles. The first-order valence-electron chi connectivity index (χ1n) is 11.5. The summed E-state index contributed by atoms with van der Waals surface area (Å²) in [5.41, 5.74) is 4.15. The topological polar surface area (TPSA) is 86.8 Å². The van der Waals surface area contributed by atoms with Crippen LogP contribution in [-0.4, -0.2) is 50.0 Å². The van der Waals surface area contributed by atoms with Crippen LogP contribution in [0.15, 0.2) is 42.5 Å². The monoisotopic (exact) mass is 487 g/mol. The van der Waals surface area contributed by atoms with E-state index in [9.17, 15) is 18.0 Å². The molecular weight excluding hydrogens is 450 g/mol. The Morgan fingerprint density at radius 3 is 2.09 bits per heavy atom. The molecule has 0 spiro atoms. The predicted octanol–water partition coefficient (Wildman–Crippen LogP) is 3.71. The van der Waals surface area contributed by atoms with Crippen molar-refractivity contribution in [3.05, 3.63) is 64.7 Å². The van der Waals surface area contributed by atoms with Gasteiger partial charge in [0.25, 0.3) is 0 Å². The summed E-state index contributed by atoms with van der Waals surface area (Å²) in [7, 11) is -3.75. The van der Waals surface area contributed by atoms with Crippen LogP contribution in [0.1, 0.15) is 49.4 Å². The fourth-order valence-corrected chi connectivity index (χ4v) is 4.85. The molecule has 2 aromatic rings. The number of hydrogen-bond donors (Lipinski definition) is 1. The molecule has 7 nitrogen and oxygen atoms in total. The van der Waals surface area contributed by atoms with Gasteiger partial charge in [-0.2, -0.15) is 0 Å². The number of amides is 2. The number of sulfonamides is 1. The van der Waals surface area contributed by atoms with Crippen LogP contribution in [0.25, 0.3) is 0 Å². The second kappa shape index (κ2) is 11.5. The van der Waals surface area contributed by atoms with Gasteiger partial charge < -0.3 is 10.2 Å². The minimum atomic E-state index is -3.75. The Bertz CT molecular complexity index is 1110. The number of aryl methyl sites for hydroxylation is 3. The average Bonchev–Trinajstić information content (AvgIpc) is 2.69. The molecule has 0 aromatic heterocycles. The highest BCUT2D eigenvalue weighted by Crippen LogP contribution is 2.22. The number of rotatable bonds is 10. The van der Waals surface area contributed by atoms with Gasteiger partial charge in [0.1, 0.15) is 12.6 Å². The van der Waals surface area contributed by atoms with Gasteiger partial charge in [-0.3, -0.25) is 13.9 Å². The van der Waals surface area contributed by atoms with Gasteiger partial charge in [-0.25, -0.2) is 8.42 Å². The highest BCUT2D eigenvalue weighted by molar-refractivity contribution is 7.92. The molecule has 0 saturated heterocycles. The molecule has 0 bridgehead atoms. The first-order valence-corrected chi connectivity index (χ1v) is 13.4. The van der Waals surface area contributed by atoms with Crippen molar-refractivity contribution < 1.29 is 18.0 Å². The van der Waals surface area contributed by atoms with Crippen LogP contribution in [0.3, 0.4) is 0 Å². The number of anilines is 1. The summed E-state index contributed by atoms with van der Waals surface area (Å²) < 4.78 is 26.5. The SMILES string of the molecule is CCC(C(=O)NC(C)C)N(Cc1cccc(C)c1)C(=O)CN(c1cc(C)cc(C)c1)S(C)(=O)=O. The van der Waals surface area contributed by atoms with E-state index in [1.807, 2.05) is 71.9 Å². The summed E-state index contributed by atoms with van der Waals surface area (Å²) in [6.07, 6.45) is 1.49. The van der Waals surface area contributed by atoms with Gasteiger partial charge in [0.2, 0.25) is 21.8 Å². The van der Waals surface area contributed by atoms with Crippen LogP contribution >= 0.6 is 0 Å². The molecule has 186 valence electrons. The van der Waals surface area contributed by atoms with Crippen molar-refractivity contribution in [2.75, 3.05) is 17.1 Å². The summed E-state index contributed by atoms with van der Waals surface area (Å²) in [5, 5.41) is 2.89. The number of nitrogens with one attached hydrogen (secondary N) is 1.